The quantitative estimate of drug-likeness (QED) is 0.503. The lowest BCUT2D eigenvalue weighted by Crippen LogP contribution is -2.45. The molecule has 0 fully saturated rings. The van der Waals surface area contributed by atoms with Crippen molar-refractivity contribution in [2.45, 2.75) is 47.6 Å². The van der Waals surface area contributed by atoms with Gasteiger partial charge in [-0.05, 0) is 47.6 Å². The standard InChI is InChI=1S/C15H28O3Si/c1-7-16-19(17-8-2,18-9-3)14-12-10-11-13-15(4,5)6/h10,12H,7-9,14H2,1-6H3. The summed E-state index contributed by atoms with van der Waals surface area (Å²) in [5.41, 5.74) is 0.0264. The van der Waals surface area contributed by atoms with Crippen molar-refractivity contribution in [3.8, 4) is 11.8 Å². The fourth-order valence-electron chi connectivity index (χ4n) is 1.48. The van der Waals surface area contributed by atoms with Gasteiger partial charge in [-0.25, -0.2) is 0 Å². The van der Waals surface area contributed by atoms with Crippen LogP contribution in [-0.4, -0.2) is 28.6 Å². The van der Waals surface area contributed by atoms with Gasteiger partial charge in [0.2, 0.25) is 0 Å². The van der Waals surface area contributed by atoms with Crippen LogP contribution >= 0.6 is 0 Å². The lowest BCUT2D eigenvalue weighted by molar-refractivity contribution is 0.0743. The molecule has 0 unspecified atom stereocenters. The van der Waals surface area contributed by atoms with Gasteiger partial charge in [-0.2, -0.15) is 0 Å². The first kappa shape index (κ1) is 18.4. The molecule has 0 aromatic carbocycles. The van der Waals surface area contributed by atoms with Crippen LogP contribution in [0.25, 0.3) is 0 Å². The Balaban J connectivity index is 4.62. The first-order valence-electron chi connectivity index (χ1n) is 6.98. The molecule has 0 rings (SSSR count). The van der Waals surface area contributed by atoms with Crippen LogP contribution in [0.15, 0.2) is 12.2 Å². The minimum absolute atomic E-state index is 0.0264. The summed E-state index contributed by atoms with van der Waals surface area (Å²) < 4.78 is 17.3. The predicted molar refractivity (Wildman–Crippen MR) is 81.8 cm³/mol. The smallest absolute Gasteiger partial charge is 0.374 e. The molecule has 0 bridgehead atoms. The highest BCUT2D eigenvalue weighted by Gasteiger charge is 2.38. The maximum absolute atomic E-state index is 5.75. The number of hydrogen-bond donors (Lipinski definition) is 0. The SMILES string of the molecule is CCO[Si](CC=CC#CC(C)(C)C)(OCC)OCC. The average Bonchev–Trinajstić information content (AvgIpc) is 2.28. The second-order valence-electron chi connectivity index (χ2n) is 5.11. The van der Waals surface area contributed by atoms with Crippen LogP contribution < -0.4 is 0 Å². The van der Waals surface area contributed by atoms with Crippen LogP contribution in [0.4, 0.5) is 0 Å². The van der Waals surface area contributed by atoms with E-state index >= 15 is 0 Å². The lowest BCUT2D eigenvalue weighted by Gasteiger charge is -2.27. The maximum Gasteiger partial charge on any atom is 0.504 e. The topological polar surface area (TPSA) is 27.7 Å². The van der Waals surface area contributed by atoms with Crippen LogP contribution in [0.1, 0.15) is 41.5 Å². The Labute approximate surface area is 119 Å². The highest BCUT2D eigenvalue weighted by Crippen LogP contribution is 2.16. The molecule has 0 heterocycles. The van der Waals surface area contributed by atoms with Crippen molar-refractivity contribution >= 4 is 8.80 Å². The lowest BCUT2D eigenvalue weighted by atomic mass is 9.98. The van der Waals surface area contributed by atoms with Crippen molar-refractivity contribution in [1.29, 1.82) is 0 Å². The third-order valence-corrected chi connectivity index (χ3v) is 5.03. The van der Waals surface area contributed by atoms with Gasteiger partial charge in [-0.15, -0.1) is 0 Å². The molecule has 0 atom stereocenters. The van der Waals surface area contributed by atoms with Gasteiger partial charge in [0, 0.05) is 31.3 Å². The summed E-state index contributed by atoms with van der Waals surface area (Å²) in [6.07, 6.45) is 3.86. The molecule has 19 heavy (non-hydrogen) atoms. The molecule has 0 aliphatic carbocycles. The molecule has 0 aromatic heterocycles. The Morgan fingerprint density at radius 2 is 1.42 bits per heavy atom. The number of allylic oxidation sites excluding steroid dienone is 2. The van der Waals surface area contributed by atoms with E-state index in [9.17, 15) is 0 Å². The minimum atomic E-state index is -2.55. The summed E-state index contributed by atoms with van der Waals surface area (Å²) >= 11 is 0. The van der Waals surface area contributed by atoms with Gasteiger partial charge in [-0.3, -0.25) is 0 Å². The van der Waals surface area contributed by atoms with Crippen molar-refractivity contribution < 1.29 is 13.3 Å². The zero-order valence-electron chi connectivity index (χ0n) is 13.2. The molecule has 0 aromatic rings. The fraction of sp³-hybridized carbons (Fsp3) is 0.733. The zero-order chi connectivity index (χ0) is 14.8. The highest BCUT2D eigenvalue weighted by atomic mass is 28.4. The molecule has 4 heteroatoms. The summed E-state index contributed by atoms with van der Waals surface area (Å²) in [5, 5.41) is 0. The largest absolute Gasteiger partial charge is 0.504 e. The summed E-state index contributed by atoms with van der Waals surface area (Å²) in [5.74, 6) is 6.21. The van der Waals surface area contributed by atoms with E-state index < -0.39 is 8.80 Å². The van der Waals surface area contributed by atoms with Gasteiger partial charge >= 0.3 is 8.80 Å². The molecule has 0 aliphatic heterocycles. The molecule has 3 nitrogen and oxygen atoms in total. The normalized spacial score (nSPS) is 12.5. The third-order valence-electron chi connectivity index (χ3n) is 2.11. The minimum Gasteiger partial charge on any atom is -0.374 e. The Kier molecular flexibility index (Phi) is 9.03. The van der Waals surface area contributed by atoms with E-state index in [1.54, 1.807) is 0 Å². The molecular weight excluding hydrogens is 256 g/mol. The van der Waals surface area contributed by atoms with Gasteiger partial charge < -0.3 is 13.3 Å². The van der Waals surface area contributed by atoms with Crippen molar-refractivity contribution in [3.63, 3.8) is 0 Å². The molecular formula is C15H28O3Si. The molecule has 0 saturated carbocycles. The first-order chi connectivity index (χ1) is 8.89. The summed E-state index contributed by atoms with van der Waals surface area (Å²) in [6.45, 7) is 14.0. The van der Waals surface area contributed by atoms with E-state index in [0.717, 1.165) is 0 Å². The second kappa shape index (κ2) is 9.32. The number of rotatable bonds is 8. The summed E-state index contributed by atoms with van der Waals surface area (Å²) in [4.78, 5) is 0. The van der Waals surface area contributed by atoms with E-state index in [4.69, 9.17) is 13.3 Å². The maximum atomic E-state index is 5.75. The highest BCUT2D eigenvalue weighted by molar-refractivity contribution is 6.61. The Morgan fingerprint density at radius 1 is 0.947 bits per heavy atom. The van der Waals surface area contributed by atoms with E-state index in [0.29, 0.717) is 25.9 Å². The first-order valence-corrected chi connectivity index (χ1v) is 8.92. The third kappa shape index (κ3) is 9.01. The van der Waals surface area contributed by atoms with Crippen molar-refractivity contribution in [2.24, 2.45) is 5.41 Å². The van der Waals surface area contributed by atoms with Crippen LogP contribution in [0, 0.1) is 17.3 Å². The van der Waals surface area contributed by atoms with Crippen molar-refractivity contribution in [3.05, 3.63) is 12.2 Å². The van der Waals surface area contributed by atoms with Gasteiger partial charge in [0.25, 0.3) is 0 Å². The second-order valence-corrected chi connectivity index (χ2v) is 7.75. The molecule has 0 saturated heterocycles. The molecule has 0 spiro atoms. The van der Waals surface area contributed by atoms with E-state index in [2.05, 4.69) is 32.6 Å². The molecule has 0 radical (unpaired) electrons. The van der Waals surface area contributed by atoms with Crippen molar-refractivity contribution in [1.82, 2.24) is 0 Å². The molecule has 0 aliphatic rings. The van der Waals surface area contributed by atoms with Crippen LogP contribution in [-0.2, 0) is 13.3 Å². The molecule has 110 valence electrons. The van der Waals surface area contributed by atoms with Gasteiger partial charge in [0.15, 0.2) is 0 Å². The van der Waals surface area contributed by atoms with Gasteiger partial charge in [0.05, 0.1) is 0 Å². The van der Waals surface area contributed by atoms with E-state index in [1.165, 1.54) is 0 Å². The van der Waals surface area contributed by atoms with E-state index in [-0.39, 0.29) is 5.41 Å². The van der Waals surface area contributed by atoms with Gasteiger partial charge in [-0.1, -0.05) is 17.9 Å². The van der Waals surface area contributed by atoms with Crippen molar-refractivity contribution in [2.75, 3.05) is 19.8 Å². The Morgan fingerprint density at radius 3 is 1.79 bits per heavy atom. The zero-order valence-corrected chi connectivity index (χ0v) is 14.2. The predicted octanol–water partition coefficient (Wildman–Crippen LogP) is 3.64. The number of hydrogen-bond acceptors (Lipinski definition) is 3. The molecule has 0 amide bonds. The Hall–Kier alpha value is -0.603. The van der Waals surface area contributed by atoms with E-state index in [1.807, 2.05) is 32.9 Å². The van der Waals surface area contributed by atoms with Crippen LogP contribution in [0.5, 0.6) is 0 Å². The summed E-state index contributed by atoms with van der Waals surface area (Å²) in [7, 11) is -2.55. The summed E-state index contributed by atoms with van der Waals surface area (Å²) in [6, 6.07) is 0.668. The van der Waals surface area contributed by atoms with Crippen LogP contribution in [0.3, 0.4) is 0 Å². The Bertz CT molecular complexity index is 303. The monoisotopic (exact) mass is 284 g/mol. The van der Waals surface area contributed by atoms with Gasteiger partial charge in [0.1, 0.15) is 0 Å². The fourth-order valence-corrected chi connectivity index (χ4v) is 3.81. The van der Waals surface area contributed by atoms with Crippen LogP contribution in [0.2, 0.25) is 6.04 Å². The average molecular weight is 284 g/mol. The molecule has 0 N–H and O–H groups in total.